The molecule has 2 aromatic carbocycles. The van der Waals surface area contributed by atoms with Gasteiger partial charge in [-0.05, 0) is 37.3 Å². The number of benzene rings is 2. The summed E-state index contributed by atoms with van der Waals surface area (Å²) in [5.41, 5.74) is 3.46. The molecule has 1 atom stereocenters. The van der Waals surface area contributed by atoms with Crippen molar-refractivity contribution in [2.75, 3.05) is 11.9 Å². The first-order valence-corrected chi connectivity index (χ1v) is 6.14. The molecule has 0 fully saturated rings. The molecular formula is C16H16N2O. The minimum atomic E-state index is -0.517. The van der Waals surface area contributed by atoms with E-state index in [1.807, 2.05) is 48.3 Å². The van der Waals surface area contributed by atoms with E-state index in [1.165, 1.54) is 0 Å². The third-order valence-corrected chi connectivity index (χ3v) is 3.13. The minimum Gasteiger partial charge on any atom is -0.389 e. The summed E-state index contributed by atoms with van der Waals surface area (Å²) in [7, 11) is 1.95. The maximum atomic E-state index is 9.81. The van der Waals surface area contributed by atoms with Gasteiger partial charge in [0, 0.05) is 24.0 Å². The summed E-state index contributed by atoms with van der Waals surface area (Å²) in [4.78, 5) is 2.00. The van der Waals surface area contributed by atoms with E-state index in [4.69, 9.17) is 5.26 Å². The predicted molar refractivity (Wildman–Crippen MR) is 76.3 cm³/mol. The van der Waals surface area contributed by atoms with Crippen molar-refractivity contribution in [3.63, 3.8) is 0 Å². The molecule has 0 saturated heterocycles. The number of hydrogen-bond donors (Lipinski definition) is 1. The van der Waals surface area contributed by atoms with E-state index < -0.39 is 6.10 Å². The van der Waals surface area contributed by atoms with Crippen molar-refractivity contribution in [3.05, 3.63) is 59.7 Å². The molecule has 96 valence electrons. The van der Waals surface area contributed by atoms with E-state index in [-0.39, 0.29) is 0 Å². The van der Waals surface area contributed by atoms with Crippen LogP contribution in [-0.2, 0) is 0 Å². The summed E-state index contributed by atoms with van der Waals surface area (Å²) in [6, 6.07) is 17.2. The van der Waals surface area contributed by atoms with Gasteiger partial charge in [0.2, 0.25) is 0 Å². The lowest BCUT2D eigenvalue weighted by Crippen LogP contribution is -2.12. The highest BCUT2D eigenvalue weighted by Gasteiger charge is 2.12. The Hall–Kier alpha value is -2.31. The molecule has 2 aromatic rings. The van der Waals surface area contributed by atoms with E-state index in [2.05, 4.69) is 6.07 Å². The number of aliphatic hydroxyl groups is 1. The first-order valence-electron chi connectivity index (χ1n) is 6.14. The summed E-state index contributed by atoms with van der Waals surface area (Å²) >= 11 is 0. The molecule has 0 bridgehead atoms. The van der Waals surface area contributed by atoms with Crippen LogP contribution in [0.15, 0.2) is 48.5 Å². The zero-order valence-electron chi connectivity index (χ0n) is 11.0. The van der Waals surface area contributed by atoms with Crippen molar-refractivity contribution in [1.82, 2.24) is 0 Å². The molecule has 0 spiro atoms. The van der Waals surface area contributed by atoms with Gasteiger partial charge in [-0.3, -0.25) is 0 Å². The van der Waals surface area contributed by atoms with Gasteiger partial charge in [0.1, 0.15) is 0 Å². The molecule has 0 radical (unpaired) electrons. The van der Waals surface area contributed by atoms with Gasteiger partial charge in [-0.2, -0.15) is 5.26 Å². The van der Waals surface area contributed by atoms with Gasteiger partial charge in [-0.25, -0.2) is 0 Å². The summed E-state index contributed by atoms with van der Waals surface area (Å²) in [5, 5.41) is 18.6. The molecule has 3 nitrogen and oxygen atoms in total. The number of nitriles is 1. The SMILES string of the molecule is C[C@H](O)c1ccccc1N(C)c1ccc(C#N)cc1. The molecule has 0 aromatic heterocycles. The maximum absolute atomic E-state index is 9.81. The second kappa shape index (κ2) is 5.55. The quantitative estimate of drug-likeness (QED) is 0.911. The molecule has 0 aliphatic carbocycles. The van der Waals surface area contributed by atoms with Crippen molar-refractivity contribution >= 4 is 11.4 Å². The van der Waals surface area contributed by atoms with Crippen molar-refractivity contribution in [2.24, 2.45) is 0 Å². The van der Waals surface area contributed by atoms with Crippen LogP contribution < -0.4 is 4.90 Å². The second-order valence-electron chi connectivity index (χ2n) is 4.45. The van der Waals surface area contributed by atoms with Crippen molar-refractivity contribution in [2.45, 2.75) is 13.0 Å². The van der Waals surface area contributed by atoms with Crippen LogP contribution in [-0.4, -0.2) is 12.2 Å². The highest BCUT2D eigenvalue weighted by Crippen LogP contribution is 2.30. The molecule has 0 unspecified atom stereocenters. The highest BCUT2D eigenvalue weighted by molar-refractivity contribution is 5.66. The number of aliphatic hydroxyl groups excluding tert-OH is 1. The van der Waals surface area contributed by atoms with E-state index in [0.29, 0.717) is 5.56 Å². The number of rotatable bonds is 3. The fourth-order valence-electron chi connectivity index (χ4n) is 2.04. The standard InChI is InChI=1S/C16H16N2O/c1-12(19)15-5-3-4-6-16(15)18(2)14-9-7-13(11-17)8-10-14/h3-10,12,19H,1-2H3/t12-/m0/s1. The Morgan fingerprint density at radius 2 is 1.74 bits per heavy atom. The number of para-hydroxylation sites is 1. The Labute approximate surface area is 113 Å². The minimum absolute atomic E-state index is 0.517. The third-order valence-electron chi connectivity index (χ3n) is 3.13. The normalized spacial score (nSPS) is 11.7. The van der Waals surface area contributed by atoms with Crippen molar-refractivity contribution < 1.29 is 5.11 Å². The fraction of sp³-hybridized carbons (Fsp3) is 0.188. The van der Waals surface area contributed by atoms with Gasteiger partial charge in [-0.1, -0.05) is 18.2 Å². The lowest BCUT2D eigenvalue weighted by molar-refractivity contribution is 0.200. The van der Waals surface area contributed by atoms with Crippen LogP contribution in [0.2, 0.25) is 0 Å². The first-order chi connectivity index (χ1) is 9.13. The average molecular weight is 252 g/mol. The van der Waals surface area contributed by atoms with E-state index in [9.17, 15) is 5.11 Å². The smallest absolute Gasteiger partial charge is 0.0991 e. The van der Waals surface area contributed by atoms with Gasteiger partial charge >= 0.3 is 0 Å². The van der Waals surface area contributed by atoms with Gasteiger partial charge < -0.3 is 10.0 Å². The Kier molecular flexibility index (Phi) is 3.84. The molecule has 0 aliphatic heterocycles. The van der Waals surface area contributed by atoms with Crippen LogP contribution >= 0.6 is 0 Å². The summed E-state index contributed by atoms with van der Waals surface area (Å²) < 4.78 is 0. The maximum Gasteiger partial charge on any atom is 0.0991 e. The Morgan fingerprint density at radius 1 is 1.11 bits per heavy atom. The third kappa shape index (κ3) is 2.75. The summed E-state index contributed by atoms with van der Waals surface area (Å²) in [5.74, 6) is 0. The second-order valence-corrected chi connectivity index (χ2v) is 4.45. The average Bonchev–Trinajstić information content (AvgIpc) is 2.46. The van der Waals surface area contributed by atoms with Gasteiger partial charge in [0.15, 0.2) is 0 Å². The zero-order valence-corrected chi connectivity index (χ0v) is 11.0. The molecule has 2 rings (SSSR count). The number of anilines is 2. The lowest BCUT2D eigenvalue weighted by atomic mass is 10.1. The predicted octanol–water partition coefficient (Wildman–Crippen LogP) is 3.38. The molecule has 0 amide bonds. The van der Waals surface area contributed by atoms with Crippen molar-refractivity contribution in [1.29, 1.82) is 5.26 Å². The van der Waals surface area contributed by atoms with Crippen LogP contribution in [0.4, 0.5) is 11.4 Å². The van der Waals surface area contributed by atoms with Crippen LogP contribution in [0, 0.1) is 11.3 Å². The Bertz CT molecular complexity index is 597. The highest BCUT2D eigenvalue weighted by atomic mass is 16.3. The van der Waals surface area contributed by atoms with E-state index in [1.54, 1.807) is 19.1 Å². The van der Waals surface area contributed by atoms with E-state index >= 15 is 0 Å². The molecule has 3 heteroatoms. The molecule has 19 heavy (non-hydrogen) atoms. The molecule has 0 aliphatic rings. The molecular weight excluding hydrogens is 236 g/mol. The van der Waals surface area contributed by atoms with Gasteiger partial charge in [0.05, 0.1) is 17.7 Å². The molecule has 0 saturated carbocycles. The first kappa shape index (κ1) is 13.1. The fourth-order valence-corrected chi connectivity index (χ4v) is 2.04. The number of hydrogen-bond acceptors (Lipinski definition) is 3. The van der Waals surface area contributed by atoms with Crippen LogP contribution in [0.5, 0.6) is 0 Å². The number of nitrogens with zero attached hydrogens (tertiary/aromatic N) is 2. The largest absolute Gasteiger partial charge is 0.389 e. The topological polar surface area (TPSA) is 47.3 Å². The van der Waals surface area contributed by atoms with Crippen LogP contribution in [0.25, 0.3) is 0 Å². The monoisotopic (exact) mass is 252 g/mol. The summed E-state index contributed by atoms with van der Waals surface area (Å²) in [6.45, 7) is 1.76. The van der Waals surface area contributed by atoms with Gasteiger partial charge in [-0.15, -0.1) is 0 Å². The Balaban J connectivity index is 2.38. The van der Waals surface area contributed by atoms with Crippen molar-refractivity contribution in [3.8, 4) is 6.07 Å². The molecule has 0 heterocycles. The van der Waals surface area contributed by atoms with Crippen LogP contribution in [0.3, 0.4) is 0 Å². The lowest BCUT2D eigenvalue weighted by Gasteiger charge is -2.23. The molecule has 1 N–H and O–H groups in total. The summed E-state index contributed by atoms with van der Waals surface area (Å²) in [6.07, 6.45) is -0.517. The van der Waals surface area contributed by atoms with E-state index in [0.717, 1.165) is 16.9 Å². The van der Waals surface area contributed by atoms with Gasteiger partial charge in [0.25, 0.3) is 0 Å². The zero-order chi connectivity index (χ0) is 13.8. The van der Waals surface area contributed by atoms with Crippen LogP contribution in [0.1, 0.15) is 24.2 Å². The Morgan fingerprint density at radius 3 is 2.32 bits per heavy atom.